The van der Waals surface area contributed by atoms with E-state index in [2.05, 4.69) is 20.2 Å². The highest BCUT2D eigenvalue weighted by atomic mass is 32.2. The number of sulfonamides is 1. The van der Waals surface area contributed by atoms with Crippen molar-refractivity contribution in [3.05, 3.63) is 52.2 Å². The Hall–Kier alpha value is -2.24. The molecule has 0 amide bonds. The summed E-state index contributed by atoms with van der Waals surface area (Å²) < 4.78 is 26.5. The van der Waals surface area contributed by atoms with Crippen molar-refractivity contribution >= 4 is 44.6 Å². The molecule has 27 heavy (non-hydrogen) atoms. The van der Waals surface area contributed by atoms with Crippen LogP contribution >= 0.6 is 23.1 Å². The van der Waals surface area contributed by atoms with Crippen molar-refractivity contribution < 1.29 is 13.2 Å². The number of hydrogen-bond donors (Lipinski definition) is 1. The zero-order valence-electron chi connectivity index (χ0n) is 14.6. The van der Waals surface area contributed by atoms with E-state index in [-0.39, 0.29) is 5.78 Å². The molecule has 1 N–H and O–H groups in total. The first-order valence-corrected chi connectivity index (χ1v) is 11.5. The van der Waals surface area contributed by atoms with Crippen molar-refractivity contribution in [1.29, 1.82) is 0 Å². The fourth-order valence-electron chi connectivity index (χ4n) is 2.29. The van der Waals surface area contributed by atoms with Gasteiger partial charge in [-0.25, -0.2) is 13.1 Å². The summed E-state index contributed by atoms with van der Waals surface area (Å²) in [4.78, 5) is 13.8. The Morgan fingerprint density at radius 1 is 1.30 bits per heavy atom. The number of nitrogens with one attached hydrogen (secondary N) is 1. The summed E-state index contributed by atoms with van der Waals surface area (Å²) in [6.45, 7) is 2.35. The van der Waals surface area contributed by atoms with Crippen molar-refractivity contribution in [2.24, 2.45) is 0 Å². The van der Waals surface area contributed by atoms with E-state index in [1.807, 2.05) is 17.5 Å². The molecule has 3 aromatic rings. The van der Waals surface area contributed by atoms with Gasteiger partial charge in [0.05, 0.1) is 18.1 Å². The summed E-state index contributed by atoms with van der Waals surface area (Å²) in [6.07, 6.45) is 1.07. The van der Waals surface area contributed by atoms with Crippen LogP contribution in [0, 0.1) is 0 Å². The Bertz CT molecular complexity index is 1010. The monoisotopic (exact) mass is 423 g/mol. The van der Waals surface area contributed by atoms with Gasteiger partial charge in [-0.15, -0.1) is 16.4 Å². The van der Waals surface area contributed by atoms with Crippen molar-refractivity contribution in [1.82, 2.24) is 20.2 Å². The van der Waals surface area contributed by atoms with Gasteiger partial charge in [0.2, 0.25) is 15.2 Å². The summed E-state index contributed by atoms with van der Waals surface area (Å²) in [5.41, 5.74) is 0.903. The lowest BCUT2D eigenvalue weighted by atomic mass is 10.1. The molecule has 0 aliphatic rings. The molecule has 3 rings (SSSR count). The number of carbonyl (C=O) groups is 1. The SMILES string of the molecule is C[C@H](Sc1nnnn1Cc1cccs1)C(=O)c1ccc(NS(C)(=O)=O)cc1. The first-order chi connectivity index (χ1) is 12.8. The molecule has 0 fully saturated rings. The van der Waals surface area contributed by atoms with E-state index in [9.17, 15) is 13.2 Å². The molecule has 8 nitrogen and oxygen atoms in total. The molecule has 0 saturated heterocycles. The highest BCUT2D eigenvalue weighted by Crippen LogP contribution is 2.25. The van der Waals surface area contributed by atoms with Crippen molar-refractivity contribution in [3.63, 3.8) is 0 Å². The standard InChI is InChI=1S/C16H17N5O3S3/c1-11(15(22)12-5-7-13(8-6-12)18-27(2,23)24)26-16-17-19-20-21(16)10-14-4-3-9-25-14/h3-9,11,18H,10H2,1-2H3/t11-/m0/s1. The van der Waals surface area contributed by atoms with Crippen LogP contribution in [0.4, 0.5) is 5.69 Å². The quantitative estimate of drug-likeness (QED) is 0.438. The van der Waals surface area contributed by atoms with Crippen LogP contribution in [0.1, 0.15) is 22.2 Å². The minimum absolute atomic E-state index is 0.0865. The smallest absolute Gasteiger partial charge is 0.229 e. The Kier molecular flexibility index (Phi) is 5.92. The maximum Gasteiger partial charge on any atom is 0.229 e. The van der Waals surface area contributed by atoms with E-state index >= 15 is 0 Å². The van der Waals surface area contributed by atoms with Gasteiger partial charge in [-0.1, -0.05) is 17.8 Å². The van der Waals surface area contributed by atoms with E-state index in [4.69, 9.17) is 0 Å². The minimum Gasteiger partial charge on any atom is -0.293 e. The number of nitrogens with zero attached hydrogens (tertiary/aromatic N) is 4. The predicted molar refractivity (Wildman–Crippen MR) is 106 cm³/mol. The molecular weight excluding hydrogens is 406 g/mol. The van der Waals surface area contributed by atoms with Gasteiger partial charge in [-0.3, -0.25) is 9.52 Å². The van der Waals surface area contributed by atoms with Crippen LogP contribution < -0.4 is 4.72 Å². The van der Waals surface area contributed by atoms with Gasteiger partial charge >= 0.3 is 0 Å². The van der Waals surface area contributed by atoms with Crippen LogP contribution in [0.15, 0.2) is 46.9 Å². The minimum atomic E-state index is -3.35. The van der Waals surface area contributed by atoms with Crippen LogP contribution in [-0.2, 0) is 16.6 Å². The van der Waals surface area contributed by atoms with Gasteiger partial charge in [0.15, 0.2) is 5.78 Å². The Morgan fingerprint density at radius 3 is 2.67 bits per heavy atom. The number of ketones is 1. The molecule has 142 valence electrons. The second kappa shape index (κ2) is 8.19. The summed E-state index contributed by atoms with van der Waals surface area (Å²) in [7, 11) is -3.35. The summed E-state index contributed by atoms with van der Waals surface area (Å²) in [5.74, 6) is -0.0865. The first-order valence-electron chi connectivity index (χ1n) is 7.89. The van der Waals surface area contributed by atoms with Crippen molar-refractivity contribution in [3.8, 4) is 0 Å². The normalized spacial score (nSPS) is 12.7. The highest BCUT2D eigenvalue weighted by Gasteiger charge is 2.20. The molecule has 0 saturated carbocycles. The molecule has 1 aromatic carbocycles. The fourth-order valence-corrected chi connectivity index (χ4v) is 4.41. The zero-order chi connectivity index (χ0) is 19.4. The number of anilines is 1. The lowest BCUT2D eigenvalue weighted by Gasteiger charge is -2.11. The van der Waals surface area contributed by atoms with E-state index in [1.54, 1.807) is 47.2 Å². The summed E-state index contributed by atoms with van der Waals surface area (Å²) in [5, 5.41) is 13.9. The number of tetrazole rings is 1. The third-order valence-corrected chi connectivity index (χ3v) is 6.05. The lowest BCUT2D eigenvalue weighted by Crippen LogP contribution is -2.15. The van der Waals surface area contributed by atoms with Crippen molar-refractivity contribution in [2.75, 3.05) is 11.0 Å². The fraction of sp³-hybridized carbons (Fsp3) is 0.250. The van der Waals surface area contributed by atoms with Crippen LogP contribution in [-0.4, -0.2) is 45.9 Å². The Balaban J connectivity index is 1.67. The van der Waals surface area contributed by atoms with Crippen LogP contribution in [0.2, 0.25) is 0 Å². The second-order valence-corrected chi connectivity index (χ2v) is 9.86. The number of Topliss-reactive ketones (excluding diaryl/α,β-unsaturated/α-hetero) is 1. The third kappa shape index (κ3) is 5.37. The lowest BCUT2D eigenvalue weighted by molar-refractivity contribution is 0.0994. The number of benzene rings is 1. The molecule has 0 unspecified atom stereocenters. The van der Waals surface area contributed by atoms with Crippen LogP contribution in [0.5, 0.6) is 0 Å². The van der Waals surface area contributed by atoms with Crippen LogP contribution in [0.3, 0.4) is 0 Å². The van der Waals surface area contributed by atoms with E-state index in [0.29, 0.717) is 23.0 Å². The van der Waals surface area contributed by atoms with Gasteiger partial charge in [0, 0.05) is 16.1 Å². The van der Waals surface area contributed by atoms with E-state index in [1.165, 1.54) is 11.8 Å². The molecule has 2 heterocycles. The molecule has 2 aromatic heterocycles. The largest absolute Gasteiger partial charge is 0.293 e. The average Bonchev–Trinajstić information content (AvgIpc) is 3.26. The molecule has 1 atom stereocenters. The topological polar surface area (TPSA) is 107 Å². The predicted octanol–water partition coefficient (Wildman–Crippen LogP) is 2.52. The van der Waals surface area contributed by atoms with Gasteiger partial charge in [-0.05, 0) is 53.1 Å². The summed E-state index contributed by atoms with van der Waals surface area (Å²) >= 11 is 2.90. The van der Waals surface area contributed by atoms with Gasteiger partial charge in [0.25, 0.3) is 0 Å². The molecule has 0 bridgehead atoms. The van der Waals surface area contributed by atoms with Crippen molar-refractivity contribution in [2.45, 2.75) is 23.9 Å². The van der Waals surface area contributed by atoms with E-state index < -0.39 is 15.3 Å². The summed E-state index contributed by atoms with van der Waals surface area (Å²) in [6, 6.07) is 10.3. The maximum atomic E-state index is 12.7. The molecule has 0 radical (unpaired) electrons. The number of rotatable bonds is 8. The van der Waals surface area contributed by atoms with Gasteiger partial charge < -0.3 is 0 Å². The molecule has 11 heteroatoms. The third-order valence-electron chi connectivity index (χ3n) is 3.51. The van der Waals surface area contributed by atoms with Gasteiger partial charge in [0.1, 0.15) is 0 Å². The van der Waals surface area contributed by atoms with Crippen LogP contribution in [0.25, 0.3) is 0 Å². The Morgan fingerprint density at radius 2 is 2.04 bits per heavy atom. The number of hydrogen-bond acceptors (Lipinski definition) is 8. The molecular formula is C16H17N5O3S3. The number of thiophene rings is 1. The second-order valence-electron chi connectivity index (χ2n) is 5.77. The van der Waals surface area contributed by atoms with E-state index in [0.717, 1.165) is 11.1 Å². The van der Waals surface area contributed by atoms with Gasteiger partial charge in [-0.2, -0.15) is 0 Å². The zero-order valence-corrected chi connectivity index (χ0v) is 17.0. The highest BCUT2D eigenvalue weighted by molar-refractivity contribution is 8.00. The molecule has 0 aliphatic heterocycles. The Labute approximate surface area is 165 Å². The molecule has 0 aliphatic carbocycles. The molecule has 0 spiro atoms. The first kappa shape index (κ1) is 19.5. The number of carbonyl (C=O) groups excluding carboxylic acids is 1. The number of thioether (sulfide) groups is 1. The average molecular weight is 424 g/mol. The maximum absolute atomic E-state index is 12.7. The number of aromatic nitrogens is 4.